The molecule has 0 aliphatic rings. The lowest BCUT2D eigenvalue weighted by Gasteiger charge is -2.24. The molecule has 0 rings (SSSR count). The predicted molar refractivity (Wildman–Crippen MR) is 72.1 cm³/mol. The summed E-state index contributed by atoms with van der Waals surface area (Å²) in [7, 11) is 0. The first-order chi connectivity index (χ1) is 8.94. The molecule has 0 aliphatic heterocycles. The lowest BCUT2D eigenvalue weighted by Crippen LogP contribution is -2.56. The number of carboxylic acids is 1. The van der Waals surface area contributed by atoms with E-state index in [1.807, 2.05) is 0 Å². The third-order valence-electron chi connectivity index (χ3n) is 2.27. The topological polar surface area (TPSA) is 128 Å². The van der Waals surface area contributed by atoms with Crippen molar-refractivity contribution in [2.24, 2.45) is 0 Å². The van der Waals surface area contributed by atoms with Crippen molar-refractivity contribution in [1.82, 2.24) is 16.0 Å². The Kier molecular flexibility index (Phi) is 6.44. The molecule has 0 aliphatic carbocycles. The zero-order valence-corrected chi connectivity index (χ0v) is 12.4. The zero-order valence-electron chi connectivity index (χ0n) is 12.4. The largest absolute Gasteiger partial charge is 0.480 e. The number of aliphatic hydroxyl groups is 1. The van der Waals surface area contributed by atoms with Gasteiger partial charge in [-0.15, -0.1) is 0 Å². The molecule has 0 radical (unpaired) electrons. The maximum Gasteiger partial charge on any atom is 0.328 e. The fourth-order valence-corrected chi connectivity index (χ4v) is 1.31. The van der Waals surface area contributed by atoms with Gasteiger partial charge in [-0.1, -0.05) is 0 Å². The number of urea groups is 1. The SMILES string of the molecule is CC(NC(=O)N[C@H](C(=O)O)[C@@H](C)O)C(=O)NC(C)(C)C. The van der Waals surface area contributed by atoms with E-state index in [1.54, 1.807) is 20.8 Å². The van der Waals surface area contributed by atoms with Crippen molar-refractivity contribution in [2.75, 3.05) is 0 Å². The van der Waals surface area contributed by atoms with Crippen LogP contribution >= 0.6 is 0 Å². The summed E-state index contributed by atoms with van der Waals surface area (Å²) in [5, 5.41) is 25.1. The fourth-order valence-electron chi connectivity index (χ4n) is 1.31. The van der Waals surface area contributed by atoms with Gasteiger partial charge in [0.05, 0.1) is 6.10 Å². The smallest absolute Gasteiger partial charge is 0.328 e. The molecule has 0 saturated heterocycles. The third-order valence-corrected chi connectivity index (χ3v) is 2.27. The van der Waals surface area contributed by atoms with Gasteiger partial charge in [0.15, 0.2) is 6.04 Å². The van der Waals surface area contributed by atoms with Crippen LogP contribution in [0, 0.1) is 0 Å². The molecule has 0 heterocycles. The quantitative estimate of drug-likeness (QED) is 0.463. The van der Waals surface area contributed by atoms with Crippen LogP contribution in [0.25, 0.3) is 0 Å². The second-order valence-electron chi connectivity index (χ2n) is 5.64. The summed E-state index contributed by atoms with van der Waals surface area (Å²) in [6.07, 6.45) is -1.25. The minimum atomic E-state index is -1.44. The molecule has 8 heteroatoms. The van der Waals surface area contributed by atoms with Crippen molar-refractivity contribution >= 4 is 17.9 Å². The van der Waals surface area contributed by atoms with Crippen molar-refractivity contribution in [2.45, 2.75) is 58.3 Å². The molecule has 3 amide bonds. The highest BCUT2D eigenvalue weighted by molar-refractivity contribution is 5.88. The minimum Gasteiger partial charge on any atom is -0.480 e. The molecule has 3 atom stereocenters. The van der Waals surface area contributed by atoms with E-state index in [4.69, 9.17) is 5.11 Å². The van der Waals surface area contributed by atoms with E-state index in [-0.39, 0.29) is 0 Å². The second kappa shape index (κ2) is 7.09. The van der Waals surface area contributed by atoms with Crippen LogP contribution in [0.4, 0.5) is 4.79 Å². The molecule has 0 bridgehead atoms. The summed E-state index contributed by atoms with van der Waals surface area (Å²) < 4.78 is 0. The summed E-state index contributed by atoms with van der Waals surface area (Å²) in [4.78, 5) is 34.1. The van der Waals surface area contributed by atoms with Crippen LogP contribution in [-0.4, -0.2) is 51.8 Å². The zero-order chi connectivity index (χ0) is 16.1. The van der Waals surface area contributed by atoms with E-state index < -0.39 is 41.6 Å². The van der Waals surface area contributed by atoms with Crippen LogP contribution in [0.2, 0.25) is 0 Å². The van der Waals surface area contributed by atoms with Gasteiger partial charge in [-0.25, -0.2) is 9.59 Å². The van der Waals surface area contributed by atoms with Crippen molar-refractivity contribution in [3.05, 3.63) is 0 Å². The molecule has 0 aromatic heterocycles. The maximum atomic E-state index is 11.7. The summed E-state index contributed by atoms with van der Waals surface area (Å²) in [6.45, 7) is 8.11. The van der Waals surface area contributed by atoms with E-state index in [1.165, 1.54) is 13.8 Å². The normalized spacial score (nSPS) is 15.7. The van der Waals surface area contributed by atoms with Gasteiger partial charge >= 0.3 is 12.0 Å². The van der Waals surface area contributed by atoms with Gasteiger partial charge in [-0.3, -0.25) is 4.79 Å². The summed E-state index contributed by atoms with van der Waals surface area (Å²) in [5.74, 6) is -1.75. The number of rotatable bonds is 5. The Balaban J connectivity index is 4.46. The molecule has 0 fully saturated rings. The number of hydrogen-bond donors (Lipinski definition) is 5. The summed E-state index contributed by atoms with van der Waals surface area (Å²) >= 11 is 0. The lowest BCUT2D eigenvalue weighted by atomic mass is 10.1. The molecular formula is C12H23N3O5. The summed E-state index contributed by atoms with van der Waals surface area (Å²) in [6, 6.07) is -3.11. The van der Waals surface area contributed by atoms with Crippen LogP contribution in [0.1, 0.15) is 34.6 Å². The molecule has 8 nitrogen and oxygen atoms in total. The first-order valence-corrected chi connectivity index (χ1v) is 6.24. The van der Waals surface area contributed by atoms with Crippen molar-refractivity contribution < 1.29 is 24.6 Å². The van der Waals surface area contributed by atoms with Gasteiger partial charge in [0.1, 0.15) is 6.04 Å². The number of amides is 3. The Morgan fingerprint density at radius 3 is 1.90 bits per heavy atom. The minimum absolute atomic E-state index is 0.392. The van der Waals surface area contributed by atoms with Gasteiger partial charge in [0, 0.05) is 5.54 Å². The molecular weight excluding hydrogens is 266 g/mol. The number of carboxylic acid groups (broad SMARTS) is 1. The van der Waals surface area contributed by atoms with Crippen LogP contribution < -0.4 is 16.0 Å². The lowest BCUT2D eigenvalue weighted by molar-refractivity contribution is -0.141. The standard InChI is InChI=1S/C12H23N3O5/c1-6(9(17)15-12(3,4)5)13-11(20)14-8(7(2)16)10(18)19/h6-8,16H,1-5H3,(H,15,17)(H,18,19)(H2,13,14,20)/t6?,7-,8+/m1/s1. The Hall–Kier alpha value is -1.83. The van der Waals surface area contributed by atoms with E-state index in [9.17, 15) is 19.5 Å². The Labute approximate surface area is 117 Å². The molecule has 0 saturated carbocycles. The molecule has 0 aromatic carbocycles. The van der Waals surface area contributed by atoms with E-state index in [2.05, 4.69) is 16.0 Å². The van der Waals surface area contributed by atoms with E-state index >= 15 is 0 Å². The van der Waals surface area contributed by atoms with Gasteiger partial charge in [-0.05, 0) is 34.6 Å². The maximum absolute atomic E-state index is 11.7. The molecule has 116 valence electrons. The van der Waals surface area contributed by atoms with E-state index in [0.717, 1.165) is 0 Å². The average Bonchev–Trinajstić information content (AvgIpc) is 2.22. The number of nitrogens with one attached hydrogen (secondary N) is 3. The molecule has 1 unspecified atom stereocenters. The van der Waals surface area contributed by atoms with Gasteiger partial charge in [0.25, 0.3) is 0 Å². The Bertz CT molecular complexity index is 376. The van der Waals surface area contributed by atoms with E-state index in [0.29, 0.717) is 0 Å². The first-order valence-electron chi connectivity index (χ1n) is 6.24. The number of carbonyl (C=O) groups is 3. The number of hydrogen-bond acceptors (Lipinski definition) is 4. The highest BCUT2D eigenvalue weighted by atomic mass is 16.4. The summed E-state index contributed by atoms with van der Waals surface area (Å²) in [5.41, 5.74) is -0.438. The number of carbonyl (C=O) groups excluding carboxylic acids is 2. The van der Waals surface area contributed by atoms with Crippen molar-refractivity contribution in [3.8, 4) is 0 Å². The highest BCUT2D eigenvalue weighted by Gasteiger charge is 2.27. The van der Waals surface area contributed by atoms with Crippen LogP contribution in [0.15, 0.2) is 0 Å². The van der Waals surface area contributed by atoms with Gasteiger partial charge in [0.2, 0.25) is 5.91 Å². The van der Waals surface area contributed by atoms with Crippen LogP contribution in [-0.2, 0) is 9.59 Å². The molecule has 0 spiro atoms. The fraction of sp³-hybridized carbons (Fsp3) is 0.750. The molecule has 20 heavy (non-hydrogen) atoms. The van der Waals surface area contributed by atoms with Crippen LogP contribution in [0.3, 0.4) is 0 Å². The first kappa shape index (κ1) is 18.2. The third kappa shape index (κ3) is 6.93. The average molecular weight is 289 g/mol. The Morgan fingerprint density at radius 2 is 1.55 bits per heavy atom. The van der Waals surface area contributed by atoms with Gasteiger partial charge in [-0.2, -0.15) is 0 Å². The van der Waals surface area contributed by atoms with Crippen molar-refractivity contribution in [3.63, 3.8) is 0 Å². The molecule has 5 N–H and O–H groups in total. The van der Waals surface area contributed by atoms with Gasteiger partial charge < -0.3 is 26.2 Å². The number of aliphatic hydroxyl groups excluding tert-OH is 1. The monoisotopic (exact) mass is 289 g/mol. The second-order valence-corrected chi connectivity index (χ2v) is 5.64. The molecule has 0 aromatic rings. The van der Waals surface area contributed by atoms with Crippen LogP contribution in [0.5, 0.6) is 0 Å². The predicted octanol–water partition coefficient (Wildman–Crippen LogP) is -0.577. The number of aliphatic carboxylic acids is 1. The highest BCUT2D eigenvalue weighted by Crippen LogP contribution is 1.99. The van der Waals surface area contributed by atoms with Crippen molar-refractivity contribution in [1.29, 1.82) is 0 Å². The Morgan fingerprint density at radius 1 is 1.05 bits per heavy atom.